The summed E-state index contributed by atoms with van der Waals surface area (Å²) in [4.78, 5) is 4.07. The van der Waals surface area contributed by atoms with Gasteiger partial charge in [0.2, 0.25) is 0 Å². The molecule has 0 radical (unpaired) electrons. The molecule has 3 rings (SSSR count). The van der Waals surface area contributed by atoms with Crippen LogP contribution in [-0.2, 0) is 12.5 Å². The maximum absolute atomic E-state index is 5.37. The van der Waals surface area contributed by atoms with Gasteiger partial charge in [0, 0.05) is 18.4 Å². The number of hydrogen-bond acceptors (Lipinski definition) is 6. The molecular weight excluding hydrogens is 306 g/mol. The van der Waals surface area contributed by atoms with Crippen LogP contribution in [0.3, 0.4) is 0 Å². The molecular formula is C16H23N7O. The Balaban J connectivity index is 2.19. The second-order valence-electron chi connectivity index (χ2n) is 7.29. The van der Waals surface area contributed by atoms with Crippen molar-refractivity contribution >= 4 is 17.3 Å². The second-order valence-corrected chi connectivity index (χ2v) is 7.29. The molecule has 0 saturated carbocycles. The number of aryl methyl sites for hydroxylation is 2. The minimum absolute atomic E-state index is 0.188. The number of aromatic nitrogens is 5. The van der Waals surface area contributed by atoms with Crippen LogP contribution in [0.1, 0.15) is 57.8 Å². The minimum Gasteiger partial charge on any atom is -0.426 e. The van der Waals surface area contributed by atoms with Gasteiger partial charge in [0.25, 0.3) is 0 Å². The highest BCUT2D eigenvalue weighted by Crippen LogP contribution is 2.36. The third-order valence-electron chi connectivity index (χ3n) is 3.75. The van der Waals surface area contributed by atoms with E-state index in [1.807, 2.05) is 18.5 Å². The lowest BCUT2D eigenvalue weighted by molar-refractivity contribution is 0.532. The first-order valence-corrected chi connectivity index (χ1v) is 7.98. The minimum atomic E-state index is -0.188. The van der Waals surface area contributed by atoms with Gasteiger partial charge in [-0.1, -0.05) is 39.7 Å². The fourth-order valence-electron chi connectivity index (χ4n) is 2.61. The monoisotopic (exact) mass is 329 g/mol. The van der Waals surface area contributed by atoms with E-state index in [0.717, 1.165) is 17.2 Å². The molecule has 3 heterocycles. The Morgan fingerprint density at radius 1 is 1.17 bits per heavy atom. The van der Waals surface area contributed by atoms with Crippen LogP contribution in [0.2, 0.25) is 0 Å². The van der Waals surface area contributed by atoms with Gasteiger partial charge in [0.05, 0.1) is 11.9 Å². The van der Waals surface area contributed by atoms with Crippen molar-refractivity contribution in [2.45, 2.75) is 52.9 Å². The first-order chi connectivity index (χ1) is 11.2. The lowest BCUT2D eigenvalue weighted by atomic mass is 9.91. The molecule has 3 aromatic rings. The normalized spacial score (nSPS) is 13.0. The molecule has 0 saturated heterocycles. The molecule has 0 unspecified atom stereocenters. The molecule has 0 bridgehead atoms. The Kier molecular flexibility index (Phi) is 3.77. The summed E-state index contributed by atoms with van der Waals surface area (Å²) < 4.78 is 9.03. The molecule has 8 nitrogen and oxygen atoms in total. The molecule has 0 aliphatic heterocycles. The second kappa shape index (κ2) is 5.54. The fourth-order valence-corrected chi connectivity index (χ4v) is 2.61. The SMILES string of the molecule is Cc1cnc(N=Nc2c(C(C)(C)C)nn3nc(C(C)C)n(C)c23)o1. The van der Waals surface area contributed by atoms with Gasteiger partial charge in [-0.2, -0.15) is 10.1 Å². The van der Waals surface area contributed by atoms with Gasteiger partial charge in [0.1, 0.15) is 11.6 Å². The number of hydrogen-bond donors (Lipinski definition) is 0. The van der Waals surface area contributed by atoms with E-state index in [1.54, 1.807) is 10.8 Å². The predicted octanol–water partition coefficient (Wildman–Crippen LogP) is 4.20. The molecule has 0 fully saturated rings. The summed E-state index contributed by atoms with van der Waals surface area (Å²) in [5, 5.41) is 17.8. The van der Waals surface area contributed by atoms with Crippen LogP contribution in [0.15, 0.2) is 20.8 Å². The van der Waals surface area contributed by atoms with Crippen LogP contribution in [-0.4, -0.2) is 24.4 Å². The highest BCUT2D eigenvalue weighted by atomic mass is 16.4. The first-order valence-electron chi connectivity index (χ1n) is 7.98. The largest absolute Gasteiger partial charge is 0.426 e. The Bertz CT molecular complexity index is 905. The summed E-state index contributed by atoms with van der Waals surface area (Å²) in [6.45, 7) is 12.3. The number of nitrogens with zero attached hydrogens (tertiary/aromatic N) is 7. The average molecular weight is 329 g/mol. The zero-order chi connectivity index (χ0) is 17.6. The average Bonchev–Trinajstić information content (AvgIpc) is 3.11. The smallest absolute Gasteiger partial charge is 0.341 e. The summed E-state index contributed by atoms with van der Waals surface area (Å²) in [7, 11) is 1.97. The highest BCUT2D eigenvalue weighted by molar-refractivity contribution is 5.68. The van der Waals surface area contributed by atoms with Crippen LogP contribution >= 0.6 is 0 Å². The van der Waals surface area contributed by atoms with Crippen LogP contribution in [0.25, 0.3) is 5.65 Å². The molecule has 0 aliphatic rings. The summed E-state index contributed by atoms with van der Waals surface area (Å²) in [5.41, 5.74) is 2.16. The van der Waals surface area contributed by atoms with Gasteiger partial charge < -0.3 is 8.98 Å². The Morgan fingerprint density at radius 3 is 2.42 bits per heavy atom. The van der Waals surface area contributed by atoms with E-state index >= 15 is 0 Å². The van der Waals surface area contributed by atoms with Gasteiger partial charge in [-0.3, -0.25) is 0 Å². The number of oxazole rings is 1. The van der Waals surface area contributed by atoms with E-state index in [0.29, 0.717) is 11.4 Å². The third-order valence-corrected chi connectivity index (χ3v) is 3.75. The van der Waals surface area contributed by atoms with Gasteiger partial charge in [-0.15, -0.1) is 14.8 Å². The molecule has 0 spiro atoms. The molecule has 0 amide bonds. The summed E-state index contributed by atoms with van der Waals surface area (Å²) in [5.74, 6) is 1.93. The van der Waals surface area contributed by atoms with Crippen molar-refractivity contribution < 1.29 is 4.42 Å². The Morgan fingerprint density at radius 2 is 1.88 bits per heavy atom. The first kappa shape index (κ1) is 16.4. The van der Waals surface area contributed by atoms with Crippen molar-refractivity contribution in [1.29, 1.82) is 0 Å². The lowest BCUT2D eigenvalue weighted by Gasteiger charge is -2.15. The van der Waals surface area contributed by atoms with Crippen LogP contribution in [0, 0.1) is 6.92 Å². The summed E-state index contributed by atoms with van der Waals surface area (Å²) in [6, 6.07) is 0.234. The standard InChI is InChI=1S/C16H23N7O/c1-9(2)13-21-23-14(22(13)7)11(12(20-23)16(4,5)6)18-19-15-17-8-10(3)24-15/h8-9H,1-7H3. The molecule has 0 atom stereocenters. The van der Waals surface area contributed by atoms with Gasteiger partial charge in [0.15, 0.2) is 11.3 Å². The molecule has 0 aromatic carbocycles. The lowest BCUT2D eigenvalue weighted by Crippen LogP contribution is -2.13. The van der Waals surface area contributed by atoms with Crippen molar-refractivity contribution in [3.63, 3.8) is 0 Å². The van der Waals surface area contributed by atoms with E-state index < -0.39 is 0 Å². The van der Waals surface area contributed by atoms with Crippen molar-refractivity contribution in [2.75, 3.05) is 0 Å². The van der Waals surface area contributed by atoms with E-state index in [9.17, 15) is 0 Å². The van der Waals surface area contributed by atoms with Crippen LogP contribution in [0.4, 0.5) is 11.7 Å². The zero-order valence-corrected chi connectivity index (χ0v) is 15.2. The Hall–Kier alpha value is -2.51. The van der Waals surface area contributed by atoms with Crippen molar-refractivity contribution in [3.8, 4) is 0 Å². The van der Waals surface area contributed by atoms with E-state index in [2.05, 4.69) is 60.0 Å². The molecule has 24 heavy (non-hydrogen) atoms. The van der Waals surface area contributed by atoms with E-state index in [4.69, 9.17) is 4.42 Å². The fraction of sp³-hybridized carbons (Fsp3) is 0.562. The number of rotatable bonds is 3. The zero-order valence-electron chi connectivity index (χ0n) is 15.2. The van der Waals surface area contributed by atoms with Crippen molar-refractivity contribution in [2.24, 2.45) is 17.3 Å². The van der Waals surface area contributed by atoms with Gasteiger partial charge in [-0.25, -0.2) is 0 Å². The number of fused-ring (bicyclic) bond motifs is 1. The quantitative estimate of drug-likeness (QED) is 0.674. The third kappa shape index (κ3) is 2.72. The molecule has 0 aliphatic carbocycles. The number of azo groups is 1. The Labute approximate surface area is 140 Å². The topological polar surface area (TPSA) is 85.9 Å². The maximum Gasteiger partial charge on any atom is 0.341 e. The maximum atomic E-state index is 5.37. The summed E-state index contributed by atoms with van der Waals surface area (Å²) >= 11 is 0. The van der Waals surface area contributed by atoms with Gasteiger partial charge >= 0.3 is 6.01 Å². The highest BCUT2D eigenvalue weighted by Gasteiger charge is 2.28. The van der Waals surface area contributed by atoms with Gasteiger partial charge in [-0.05, 0) is 6.92 Å². The van der Waals surface area contributed by atoms with Crippen LogP contribution in [0.5, 0.6) is 0 Å². The van der Waals surface area contributed by atoms with E-state index in [-0.39, 0.29) is 17.3 Å². The molecule has 0 N–H and O–H groups in total. The van der Waals surface area contributed by atoms with E-state index in [1.165, 1.54) is 0 Å². The predicted molar refractivity (Wildman–Crippen MR) is 90.2 cm³/mol. The van der Waals surface area contributed by atoms with Crippen molar-refractivity contribution in [3.05, 3.63) is 23.5 Å². The van der Waals surface area contributed by atoms with Crippen molar-refractivity contribution in [1.82, 2.24) is 24.4 Å². The molecule has 128 valence electrons. The van der Waals surface area contributed by atoms with Crippen LogP contribution < -0.4 is 0 Å². The summed E-state index contributed by atoms with van der Waals surface area (Å²) in [6.07, 6.45) is 1.62. The molecule has 8 heteroatoms. The molecule has 3 aromatic heterocycles.